The molecule has 0 aliphatic carbocycles. The Bertz CT molecular complexity index is 526. The molecule has 1 heterocycles. The highest BCUT2D eigenvalue weighted by Gasteiger charge is 2.17. The van der Waals surface area contributed by atoms with Crippen molar-refractivity contribution >= 4 is 46.1 Å². The summed E-state index contributed by atoms with van der Waals surface area (Å²) in [6.45, 7) is 3.96. The minimum Gasteiger partial charge on any atom is -0.126 e. The highest BCUT2D eigenvalue weighted by molar-refractivity contribution is 7.16. The molecule has 1 aromatic carbocycles. The Labute approximate surface area is 120 Å². The third kappa shape index (κ3) is 2.63. The summed E-state index contributed by atoms with van der Waals surface area (Å²) in [7, 11) is 0. The Morgan fingerprint density at radius 2 is 1.88 bits per heavy atom. The summed E-state index contributed by atoms with van der Waals surface area (Å²) in [4.78, 5) is 1.06. The van der Waals surface area contributed by atoms with Crippen LogP contribution in [-0.2, 0) is 0 Å². The van der Waals surface area contributed by atoms with E-state index in [2.05, 4.69) is 0 Å². The molecule has 0 spiro atoms. The first-order valence-electron chi connectivity index (χ1n) is 5.15. The Morgan fingerprint density at radius 3 is 2.47 bits per heavy atom. The van der Waals surface area contributed by atoms with Gasteiger partial charge in [0.1, 0.15) is 0 Å². The predicted molar refractivity (Wildman–Crippen MR) is 78.0 cm³/mol. The van der Waals surface area contributed by atoms with Crippen molar-refractivity contribution in [3.05, 3.63) is 55.2 Å². The molecule has 90 valence electrons. The second-order valence-electron chi connectivity index (χ2n) is 3.92. The molecule has 2 aromatic rings. The molecule has 0 aliphatic rings. The molecule has 0 amide bonds. The normalized spacial score (nSPS) is 12.8. The average Bonchev–Trinajstić information content (AvgIpc) is 2.62. The Hall–Kier alpha value is -0.210. The lowest BCUT2D eigenvalue weighted by Crippen LogP contribution is -1.94. The van der Waals surface area contributed by atoms with Gasteiger partial charge in [-0.3, -0.25) is 0 Å². The van der Waals surface area contributed by atoms with Crippen LogP contribution < -0.4 is 0 Å². The molecule has 0 nitrogen and oxygen atoms in total. The van der Waals surface area contributed by atoms with Crippen molar-refractivity contribution < 1.29 is 0 Å². The Morgan fingerprint density at radius 1 is 1.18 bits per heavy atom. The number of benzene rings is 1. The fraction of sp³-hybridized carbons (Fsp3) is 0.231. The zero-order chi connectivity index (χ0) is 12.6. The zero-order valence-corrected chi connectivity index (χ0v) is 12.5. The molecule has 1 atom stereocenters. The Kier molecular flexibility index (Phi) is 4.04. The van der Waals surface area contributed by atoms with Crippen LogP contribution in [0.2, 0.25) is 9.36 Å². The van der Waals surface area contributed by atoms with Crippen LogP contribution in [0.5, 0.6) is 0 Å². The van der Waals surface area contributed by atoms with Gasteiger partial charge in [0.05, 0.1) is 9.71 Å². The van der Waals surface area contributed by atoms with Crippen molar-refractivity contribution in [2.24, 2.45) is 0 Å². The van der Waals surface area contributed by atoms with Crippen LogP contribution in [0.4, 0.5) is 0 Å². The van der Waals surface area contributed by atoms with Crippen molar-refractivity contribution in [3.63, 3.8) is 0 Å². The highest BCUT2D eigenvalue weighted by atomic mass is 35.5. The number of hydrogen-bond donors (Lipinski definition) is 0. The van der Waals surface area contributed by atoms with Gasteiger partial charge in [-0.1, -0.05) is 35.3 Å². The van der Waals surface area contributed by atoms with Crippen molar-refractivity contribution in [2.45, 2.75) is 19.2 Å². The third-order valence-electron chi connectivity index (χ3n) is 2.71. The summed E-state index contributed by atoms with van der Waals surface area (Å²) in [6, 6.07) is 7.83. The van der Waals surface area contributed by atoms with Crippen molar-refractivity contribution in [1.82, 2.24) is 0 Å². The summed E-state index contributed by atoms with van der Waals surface area (Å²) >= 11 is 20.2. The first-order valence-corrected chi connectivity index (χ1v) is 7.16. The second-order valence-corrected chi connectivity index (χ2v) is 6.45. The van der Waals surface area contributed by atoms with Gasteiger partial charge in [-0.15, -0.1) is 22.9 Å². The molecule has 2 rings (SSSR count). The maximum Gasteiger partial charge on any atom is 0.0960 e. The quantitative estimate of drug-likeness (QED) is 0.597. The molecular formula is C13H11Cl3S. The number of hydrogen-bond acceptors (Lipinski definition) is 1. The van der Waals surface area contributed by atoms with E-state index in [4.69, 9.17) is 34.8 Å². The molecule has 0 radical (unpaired) electrons. The lowest BCUT2D eigenvalue weighted by molar-refractivity contribution is 1.14. The van der Waals surface area contributed by atoms with Crippen LogP contribution in [0, 0.1) is 13.8 Å². The summed E-state index contributed by atoms with van der Waals surface area (Å²) in [5.74, 6) is 0. The van der Waals surface area contributed by atoms with Gasteiger partial charge in [-0.25, -0.2) is 0 Å². The fourth-order valence-corrected chi connectivity index (χ4v) is 3.49. The van der Waals surface area contributed by atoms with Crippen LogP contribution >= 0.6 is 46.1 Å². The van der Waals surface area contributed by atoms with E-state index in [1.54, 1.807) is 0 Å². The van der Waals surface area contributed by atoms with Crippen LogP contribution in [0.15, 0.2) is 24.3 Å². The number of alkyl halides is 1. The van der Waals surface area contributed by atoms with Gasteiger partial charge in [-0.2, -0.15) is 0 Å². The van der Waals surface area contributed by atoms with Gasteiger partial charge in [0.15, 0.2) is 0 Å². The first-order chi connectivity index (χ1) is 8.00. The van der Waals surface area contributed by atoms with Crippen molar-refractivity contribution in [1.29, 1.82) is 0 Å². The smallest absolute Gasteiger partial charge is 0.0960 e. The largest absolute Gasteiger partial charge is 0.126 e. The topological polar surface area (TPSA) is 0 Å². The average molecular weight is 306 g/mol. The monoisotopic (exact) mass is 304 g/mol. The van der Waals surface area contributed by atoms with E-state index in [9.17, 15) is 0 Å². The molecule has 0 N–H and O–H groups in total. The molecule has 4 heteroatoms. The van der Waals surface area contributed by atoms with Gasteiger partial charge in [0, 0.05) is 9.90 Å². The van der Waals surface area contributed by atoms with Gasteiger partial charge >= 0.3 is 0 Å². The molecular weight excluding hydrogens is 295 g/mol. The van der Waals surface area contributed by atoms with E-state index >= 15 is 0 Å². The first kappa shape index (κ1) is 13.2. The van der Waals surface area contributed by atoms with Crippen LogP contribution in [0.3, 0.4) is 0 Å². The molecule has 0 fully saturated rings. The maximum atomic E-state index is 6.49. The number of thiophene rings is 1. The van der Waals surface area contributed by atoms with Crippen LogP contribution in [-0.4, -0.2) is 0 Å². The molecule has 1 unspecified atom stereocenters. The van der Waals surface area contributed by atoms with Gasteiger partial charge < -0.3 is 0 Å². The predicted octanol–water partition coefficient (Wildman–Crippen LogP) is 6.00. The third-order valence-corrected chi connectivity index (χ3v) is 5.34. The van der Waals surface area contributed by atoms with E-state index in [0.29, 0.717) is 0 Å². The minimum atomic E-state index is -0.190. The van der Waals surface area contributed by atoms with E-state index in [1.165, 1.54) is 11.3 Å². The highest BCUT2D eigenvalue weighted by Crippen LogP contribution is 2.39. The maximum absolute atomic E-state index is 6.49. The van der Waals surface area contributed by atoms with E-state index < -0.39 is 0 Å². The zero-order valence-electron chi connectivity index (χ0n) is 9.43. The summed E-state index contributed by atoms with van der Waals surface area (Å²) in [5, 5.41) is 0.553. The van der Waals surface area contributed by atoms with Gasteiger partial charge in [0.2, 0.25) is 0 Å². The van der Waals surface area contributed by atoms with Gasteiger partial charge in [-0.05, 0) is 42.7 Å². The van der Waals surface area contributed by atoms with Crippen molar-refractivity contribution in [3.8, 4) is 0 Å². The number of rotatable bonds is 2. The van der Waals surface area contributed by atoms with Gasteiger partial charge in [0.25, 0.3) is 0 Å². The van der Waals surface area contributed by atoms with E-state index in [-0.39, 0.29) is 5.38 Å². The van der Waals surface area contributed by atoms with E-state index in [0.717, 1.165) is 30.9 Å². The molecule has 17 heavy (non-hydrogen) atoms. The second kappa shape index (κ2) is 5.19. The molecule has 1 aromatic heterocycles. The summed E-state index contributed by atoms with van der Waals surface area (Å²) < 4.78 is 0.797. The standard InChI is InChI=1S/C13H11Cl3S/c1-7-6-11(17-13(7)16)12(15)9-4-3-5-10(14)8(9)2/h3-6,12H,1-2H3. The molecule has 0 aliphatic heterocycles. The fourth-order valence-electron chi connectivity index (χ4n) is 1.66. The minimum absolute atomic E-state index is 0.190. The number of aryl methyl sites for hydroxylation is 1. The lowest BCUT2D eigenvalue weighted by atomic mass is 10.0. The Balaban J connectivity index is 2.43. The summed E-state index contributed by atoms with van der Waals surface area (Å²) in [5.41, 5.74) is 3.13. The number of halogens is 3. The molecule has 0 saturated carbocycles. The van der Waals surface area contributed by atoms with Crippen molar-refractivity contribution in [2.75, 3.05) is 0 Å². The summed E-state index contributed by atoms with van der Waals surface area (Å²) in [6.07, 6.45) is 0. The lowest BCUT2D eigenvalue weighted by Gasteiger charge is -2.12. The van der Waals surface area contributed by atoms with Crippen LogP contribution in [0.25, 0.3) is 0 Å². The van der Waals surface area contributed by atoms with E-state index in [1.807, 2.05) is 38.1 Å². The SMILES string of the molecule is Cc1cc(C(Cl)c2cccc(Cl)c2C)sc1Cl. The van der Waals surface area contributed by atoms with Crippen LogP contribution in [0.1, 0.15) is 26.9 Å². The molecule has 0 saturated heterocycles. The molecule has 0 bridgehead atoms.